The van der Waals surface area contributed by atoms with Crippen molar-refractivity contribution in [3.05, 3.63) is 36.0 Å². The molecule has 0 radical (unpaired) electrons. The monoisotopic (exact) mass is 257 g/mol. The summed E-state index contributed by atoms with van der Waals surface area (Å²) in [6.45, 7) is 0. The van der Waals surface area contributed by atoms with Crippen molar-refractivity contribution in [3.63, 3.8) is 0 Å². The Bertz CT molecular complexity index is 614. The number of fused-ring (bicyclic) bond motifs is 1. The summed E-state index contributed by atoms with van der Waals surface area (Å²) >= 11 is 0. The molecule has 3 rings (SSSR count). The number of nitrogens with zero attached hydrogens (tertiary/aromatic N) is 1. The maximum atomic E-state index is 11.5. The average molecular weight is 257 g/mol. The highest BCUT2D eigenvalue weighted by Gasteiger charge is 2.33. The van der Waals surface area contributed by atoms with E-state index < -0.39 is 5.97 Å². The van der Waals surface area contributed by atoms with Crippen molar-refractivity contribution in [2.24, 2.45) is 13.0 Å². The molecule has 1 aromatic carbocycles. The number of rotatable bonds is 2. The highest BCUT2D eigenvalue weighted by Crippen LogP contribution is 2.41. The largest absolute Gasteiger partial charge is 0.481 e. The molecule has 1 aromatic heterocycles. The number of aliphatic carboxylic acids is 1. The van der Waals surface area contributed by atoms with Gasteiger partial charge in [-0.15, -0.1) is 0 Å². The molecule has 2 atom stereocenters. The molecule has 1 aliphatic rings. The summed E-state index contributed by atoms with van der Waals surface area (Å²) in [7, 11) is 2.03. The molecule has 0 aliphatic heterocycles. The summed E-state index contributed by atoms with van der Waals surface area (Å²) in [4.78, 5) is 11.5. The van der Waals surface area contributed by atoms with Gasteiger partial charge >= 0.3 is 5.97 Å². The lowest BCUT2D eigenvalue weighted by molar-refractivity contribution is -0.143. The van der Waals surface area contributed by atoms with Gasteiger partial charge in [-0.25, -0.2) is 0 Å². The lowest BCUT2D eigenvalue weighted by Gasteiger charge is -2.28. The molecule has 2 aromatic rings. The van der Waals surface area contributed by atoms with Crippen molar-refractivity contribution >= 4 is 16.9 Å². The Morgan fingerprint density at radius 3 is 2.79 bits per heavy atom. The number of benzene rings is 1. The van der Waals surface area contributed by atoms with E-state index in [0.717, 1.165) is 25.7 Å². The molecule has 1 saturated carbocycles. The molecule has 100 valence electrons. The fraction of sp³-hybridized carbons (Fsp3) is 0.438. The molecule has 2 unspecified atom stereocenters. The van der Waals surface area contributed by atoms with E-state index in [1.165, 1.54) is 16.5 Å². The van der Waals surface area contributed by atoms with Gasteiger partial charge in [-0.3, -0.25) is 4.79 Å². The number of aryl methyl sites for hydroxylation is 1. The summed E-state index contributed by atoms with van der Waals surface area (Å²) in [5, 5.41) is 10.7. The lowest BCUT2D eigenvalue weighted by Crippen LogP contribution is -2.25. The van der Waals surface area contributed by atoms with E-state index in [1.807, 2.05) is 19.2 Å². The molecule has 3 nitrogen and oxygen atoms in total. The van der Waals surface area contributed by atoms with E-state index in [4.69, 9.17) is 0 Å². The predicted molar refractivity (Wildman–Crippen MR) is 75.3 cm³/mol. The minimum atomic E-state index is -0.641. The third-order valence-corrected chi connectivity index (χ3v) is 4.41. The Kier molecular flexibility index (Phi) is 3.05. The highest BCUT2D eigenvalue weighted by atomic mass is 16.4. The van der Waals surface area contributed by atoms with Crippen molar-refractivity contribution in [1.29, 1.82) is 0 Å². The van der Waals surface area contributed by atoms with Crippen LogP contribution in [0.1, 0.15) is 37.2 Å². The van der Waals surface area contributed by atoms with Crippen LogP contribution in [0.2, 0.25) is 0 Å². The lowest BCUT2D eigenvalue weighted by atomic mass is 9.75. The van der Waals surface area contributed by atoms with Crippen molar-refractivity contribution in [3.8, 4) is 0 Å². The van der Waals surface area contributed by atoms with Gasteiger partial charge in [-0.05, 0) is 30.4 Å². The average Bonchev–Trinajstić information content (AvgIpc) is 2.77. The molecule has 1 aliphatic carbocycles. The molecular formula is C16H19NO2. The van der Waals surface area contributed by atoms with Gasteiger partial charge in [-0.2, -0.15) is 0 Å². The number of carboxylic acids is 1. The topological polar surface area (TPSA) is 42.2 Å². The Morgan fingerprint density at radius 2 is 2.00 bits per heavy atom. The summed E-state index contributed by atoms with van der Waals surface area (Å²) in [6.07, 6.45) is 6.10. The summed E-state index contributed by atoms with van der Waals surface area (Å²) < 4.78 is 2.11. The van der Waals surface area contributed by atoms with Crippen LogP contribution in [0.25, 0.3) is 10.9 Å². The third kappa shape index (κ3) is 2.03. The second-order valence-corrected chi connectivity index (χ2v) is 5.55. The van der Waals surface area contributed by atoms with E-state index in [1.54, 1.807) is 0 Å². The molecule has 3 heteroatoms. The number of carboxylic acid groups (broad SMARTS) is 1. The fourth-order valence-electron chi connectivity index (χ4n) is 3.47. The molecule has 0 amide bonds. The van der Waals surface area contributed by atoms with Crippen LogP contribution >= 0.6 is 0 Å². The van der Waals surface area contributed by atoms with E-state index in [9.17, 15) is 9.90 Å². The van der Waals surface area contributed by atoms with Crippen LogP contribution in [0, 0.1) is 5.92 Å². The van der Waals surface area contributed by atoms with E-state index in [2.05, 4.69) is 22.9 Å². The molecular weight excluding hydrogens is 238 g/mol. The molecule has 0 bridgehead atoms. The minimum absolute atomic E-state index is 0.164. The van der Waals surface area contributed by atoms with Crippen LogP contribution in [0.4, 0.5) is 0 Å². The van der Waals surface area contributed by atoms with Gasteiger partial charge in [0.1, 0.15) is 0 Å². The van der Waals surface area contributed by atoms with Crippen molar-refractivity contribution in [2.75, 3.05) is 0 Å². The summed E-state index contributed by atoms with van der Waals surface area (Å²) in [5.74, 6) is -0.699. The number of hydrogen-bond donors (Lipinski definition) is 1. The highest BCUT2D eigenvalue weighted by molar-refractivity contribution is 5.85. The normalized spacial score (nSPS) is 23.6. The Morgan fingerprint density at radius 1 is 1.26 bits per heavy atom. The van der Waals surface area contributed by atoms with Crippen LogP contribution in [0.5, 0.6) is 0 Å². The Hall–Kier alpha value is -1.77. The van der Waals surface area contributed by atoms with Crippen LogP contribution in [-0.4, -0.2) is 15.6 Å². The minimum Gasteiger partial charge on any atom is -0.481 e. The Balaban J connectivity index is 2.09. The zero-order valence-corrected chi connectivity index (χ0v) is 11.2. The number of aromatic nitrogens is 1. The molecule has 1 N–H and O–H groups in total. The molecule has 1 fully saturated rings. The SMILES string of the molecule is Cn1cc(C2CCCCC2C(=O)O)c2ccccc21. The second-order valence-electron chi connectivity index (χ2n) is 5.55. The first-order valence-corrected chi connectivity index (χ1v) is 6.95. The van der Waals surface area contributed by atoms with Gasteiger partial charge in [0.2, 0.25) is 0 Å². The zero-order chi connectivity index (χ0) is 13.4. The van der Waals surface area contributed by atoms with Gasteiger partial charge in [0.05, 0.1) is 5.92 Å². The first-order valence-electron chi connectivity index (χ1n) is 6.95. The quantitative estimate of drug-likeness (QED) is 0.894. The van der Waals surface area contributed by atoms with E-state index in [0.29, 0.717) is 0 Å². The van der Waals surface area contributed by atoms with Gasteiger partial charge in [-0.1, -0.05) is 31.0 Å². The maximum Gasteiger partial charge on any atom is 0.307 e. The van der Waals surface area contributed by atoms with Crippen molar-refractivity contribution in [1.82, 2.24) is 4.57 Å². The summed E-state index contributed by atoms with van der Waals surface area (Å²) in [6, 6.07) is 8.27. The zero-order valence-electron chi connectivity index (χ0n) is 11.2. The molecule has 1 heterocycles. The predicted octanol–water partition coefficient (Wildman–Crippen LogP) is 3.54. The van der Waals surface area contributed by atoms with Gasteiger partial charge in [0.15, 0.2) is 0 Å². The Labute approximate surface area is 112 Å². The van der Waals surface area contributed by atoms with E-state index >= 15 is 0 Å². The first-order chi connectivity index (χ1) is 9.18. The van der Waals surface area contributed by atoms with Gasteiger partial charge in [0.25, 0.3) is 0 Å². The number of para-hydroxylation sites is 1. The number of carbonyl (C=O) groups is 1. The maximum absolute atomic E-state index is 11.5. The third-order valence-electron chi connectivity index (χ3n) is 4.41. The van der Waals surface area contributed by atoms with E-state index in [-0.39, 0.29) is 11.8 Å². The summed E-state index contributed by atoms with van der Waals surface area (Å²) in [5.41, 5.74) is 2.40. The molecule has 0 saturated heterocycles. The van der Waals surface area contributed by atoms with Crippen LogP contribution < -0.4 is 0 Å². The molecule has 0 spiro atoms. The van der Waals surface area contributed by atoms with Crippen LogP contribution in [-0.2, 0) is 11.8 Å². The first kappa shape index (κ1) is 12.3. The fourth-order valence-corrected chi connectivity index (χ4v) is 3.47. The van der Waals surface area contributed by atoms with Gasteiger partial charge in [0, 0.05) is 24.1 Å². The molecule has 19 heavy (non-hydrogen) atoms. The van der Waals surface area contributed by atoms with Crippen LogP contribution in [0.3, 0.4) is 0 Å². The number of hydrogen-bond acceptors (Lipinski definition) is 1. The standard InChI is InChI=1S/C16H19NO2/c1-17-10-14(12-7-4-5-9-15(12)17)11-6-2-3-8-13(11)16(18)19/h4-5,7,9-11,13H,2-3,6,8H2,1H3,(H,18,19). The second kappa shape index (κ2) is 4.72. The smallest absolute Gasteiger partial charge is 0.307 e. The van der Waals surface area contributed by atoms with Crippen LogP contribution in [0.15, 0.2) is 30.5 Å². The van der Waals surface area contributed by atoms with Crippen molar-refractivity contribution < 1.29 is 9.90 Å². The van der Waals surface area contributed by atoms with Gasteiger partial charge < -0.3 is 9.67 Å². The van der Waals surface area contributed by atoms with Crippen molar-refractivity contribution in [2.45, 2.75) is 31.6 Å².